The van der Waals surface area contributed by atoms with Crippen LogP contribution in [0.4, 0.5) is 0 Å². The van der Waals surface area contributed by atoms with Crippen LogP contribution >= 0.6 is 0 Å². The van der Waals surface area contributed by atoms with E-state index in [1.165, 1.54) is 0 Å². The van der Waals surface area contributed by atoms with Crippen molar-refractivity contribution in [3.63, 3.8) is 0 Å². The number of hydrogen-bond donors (Lipinski definition) is 1. The molecule has 1 heterocycles. The Morgan fingerprint density at radius 2 is 1.85 bits per heavy atom. The van der Waals surface area contributed by atoms with E-state index < -0.39 is 0 Å². The first-order valence-corrected chi connectivity index (χ1v) is 8.31. The number of benzene rings is 2. The Bertz CT molecular complexity index is 918. The highest BCUT2D eigenvalue weighted by atomic mass is 16.5. The number of methoxy groups -OCH3 is 2. The van der Waals surface area contributed by atoms with E-state index in [4.69, 9.17) is 9.47 Å². The Balaban J connectivity index is 2.00. The van der Waals surface area contributed by atoms with Gasteiger partial charge in [0.2, 0.25) is 0 Å². The fourth-order valence-electron chi connectivity index (χ4n) is 2.77. The number of carbonyl (C=O) groups excluding carboxylic acids is 1. The van der Waals surface area contributed by atoms with Gasteiger partial charge in [0.25, 0.3) is 5.91 Å². The third-order valence-corrected chi connectivity index (χ3v) is 4.05. The Kier molecular flexibility index (Phi) is 5.22. The van der Waals surface area contributed by atoms with Crippen LogP contribution in [0.5, 0.6) is 11.5 Å². The lowest BCUT2D eigenvalue weighted by Gasteiger charge is -2.12. The first-order valence-electron chi connectivity index (χ1n) is 8.31. The maximum absolute atomic E-state index is 12.2. The summed E-state index contributed by atoms with van der Waals surface area (Å²) in [6.45, 7) is 2.45. The van der Waals surface area contributed by atoms with Gasteiger partial charge in [0.1, 0.15) is 5.69 Å². The van der Waals surface area contributed by atoms with Gasteiger partial charge < -0.3 is 14.8 Å². The summed E-state index contributed by atoms with van der Waals surface area (Å²) in [6.07, 6.45) is 3.20. The molecule has 1 N–H and O–H groups in total. The predicted molar refractivity (Wildman–Crippen MR) is 100 cm³/mol. The summed E-state index contributed by atoms with van der Waals surface area (Å²) in [5, 5.41) is 2.80. The fourth-order valence-corrected chi connectivity index (χ4v) is 2.77. The molecule has 0 aliphatic rings. The van der Waals surface area contributed by atoms with Crippen LogP contribution in [-0.2, 0) is 0 Å². The molecule has 0 aliphatic heterocycles. The van der Waals surface area contributed by atoms with Crippen LogP contribution in [-0.4, -0.2) is 36.2 Å². The zero-order valence-corrected chi connectivity index (χ0v) is 15.0. The zero-order valence-electron chi connectivity index (χ0n) is 15.0. The molecule has 2 aromatic carbocycles. The van der Waals surface area contributed by atoms with Crippen molar-refractivity contribution < 1.29 is 14.3 Å². The number of aromatic nitrogens is 2. The number of carbonyl (C=O) groups is 1. The highest BCUT2D eigenvalue weighted by Crippen LogP contribution is 2.33. The van der Waals surface area contributed by atoms with Crippen LogP contribution in [0.2, 0.25) is 0 Å². The molecular weight excluding hydrogens is 330 g/mol. The molecule has 0 bridgehead atoms. The van der Waals surface area contributed by atoms with E-state index in [1.807, 2.05) is 49.4 Å². The van der Waals surface area contributed by atoms with Crippen LogP contribution in [0, 0.1) is 0 Å². The minimum Gasteiger partial charge on any atom is -0.493 e. The summed E-state index contributed by atoms with van der Waals surface area (Å²) in [5.74, 6) is 1.20. The molecule has 1 amide bonds. The first-order chi connectivity index (χ1) is 12.7. The van der Waals surface area contributed by atoms with Crippen molar-refractivity contribution in [3.05, 3.63) is 60.7 Å². The Hall–Kier alpha value is -3.28. The van der Waals surface area contributed by atoms with E-state index in [9.17, 15) is 4.79 Å². The largest absolute Gasteiger partial charge is 0.493 e. The van der Waals surface area contributed by atoms with E-state index in [1.54, 1.807) is 31.3 Å². The molecule has 0 fully saturated rings. The number of rotatable bonds is 6. The standard InChI is InChI=1S/C20H21N3O3/c1-4-22-20(24)17-12-21-13-23(17)16-7-5-6-14(10-16)15-8-9-18(25-2)19(11-15)26-3/h5-13H,4H2,1-3H3,(H,22,24). The van der Waals surface area contributed by atoms with Gasteiger partial charge in [-0.05, 0) is 42.3 Å². The number of imidazole rings is 1. The van der Waals surface area contributed by atoms with Gasteiger partial charge >= 0.3 is 0 Å². The Labute approximate surface area is 152 Å². The summed E-state index contributed by atoms with van der Waals surface area (Å²) >= 11 is 0. The summed E-state index contributed by atoms with van der Waals surface area (Å²) < 4.78 is 12.5. The third kappa shape index (κ3) is 3.39. The summed E-state index contributed by atoms with van der Waals surface area (Å²) in [6, 6.07) is 13.7. The highest BCUT2D eigenvalue weighted by Gasteiger charge is 2.13. The maximum atomic E-state index is 12.2. The third-order valence-electron chi connectivity index (χ3n) is 4.05. The van der Waals surface area contributed by atoms with Gasteiger partial charge in [-0.1, -0.05) is 18.2 Å². The van der Waals surface area contributed by atoms with Crippen molar-refractivity contribution in [2.75, 3.05) is 20.8 Å². The SMILES string of the molecule is CCNC(=O)c1cncn1-c1cccc(-c2ccc(OC)c(OC)c2)c1. The second-order valence-corrected chi connectivity index (χ2v) is 5.63. The second-order valence-electron chi connectivity index (χ2n) is 5.63. The molecule has 3 rings (SSSR count). The van der Waals surface area contributed by atoms with Gasteiger partial charge in [0.05, 0.1) is 26.7 Å². The van der Waals surface area contributed by atoms with Gasteiger partial charge in [-0.2, -0.15) is 0 Å². The number of ether oxygens (including phenoxy) is 2. The van der Waals surface area contributed by atoms with Crippen molar-refractivity contribution in [1.29, 1.82) is 0 Å². The van der Waals surface area contributed by atoms with Crippen molar-refractivity contribution in [2.45, 2.75) is 6.92 Å². The minimum absolute atomic E-state index is 0.151. The van der Waals surface area contributed by atoms with Crippen molar-refractivity contribution >= 4 is 5.91 Å². The molecule has 1 aromatic heterocycles. The maximum Gasteiger partial charge on any atom is 0.269 e. The highest BCUT2D eigenvalue weighted by molar-refractivity contribution is 5.93. The lowest BCUT2D eigenvalue weighted by atomic mass is 10.0. The molecule has 0 unspecified atom stereocenters. The van der Waals surface area contributed by atoms with Crippen LogP contribution < -0.4 is 14.8 Å². The average molecular weight is 351 g/mol. The van der Waals surface area contributed by atoms with E-state index in [0.717, 1.165) is 16.8 Å². The van der Waals surface area contributed by atoms with Gasteiger partial charge in [-0.15, -0.1) is 0 Å². The predicted octanol–water partition coefficient (Wildman–Crippen LogP) is 3.31. The number of nitrogens with zero attached hydrogens (tertiary/aromatic N) is 2. The van der Waals surface area contributed by atoms with E-state index in [0.29, 0.717) is 23.7 Å². The normalized spacial score (nSPS) is 10.4. The molecule has 0 radical (unpaired) electrons. The molecule has 6 nitrogen and oxygen atoms in total. The molecule has 0 spiro atoms. The van der Waals surface area contributed by atoms with Crippen LogP contribution in [0.3, 0.4) is 0 Å². The van der Waals surface area contributed by atoms with Crippen molar-refractivity contribution in [3.8, 4) is 28.3 Å². The van der Waals surface area contributed by atoms with Gasteiger partial charge in [0.15, 0.2) is 11.5 Å². The van der Waals surface area contributed by atoms with Crippen LogP contribution in [0.15, 0.2) is 55.0 Å². The fraction of sp³-hybridized carbons (Fsp3) is 0.200. The molecule has 134 valence electrons. The van der Waals surface area contributed by atoms with Crippen molar-refractivity contribution in [1.82, 2.24) is 14.9 Å². The molecule has 0 atom stereocenters. The smallest absolute Gasteiger partial charge is 0.269 e. The lowest BCUT2D eigenvalue weighted by Crippen LogP contribution is -2.24. The zero-order chi connectivity index (χ0) is 18.5. The lowest BCUT2D eigenvalue weighted by molar-refractivity contribution is 0.0949. The van der Waals surface area contributed by atoms with Gasteiger partial charge in [-0.3, -0.25) is 9.36 Å². The van der Waals surface area contributed by atoms with Gasteiger partial charge in [0, 0.05) is 12.2 Å². The molecule has 0 aliphatic carbocycles. The first kappa shape index (κ1) is 17.5. The molecule has 6 heteroatoms. The van der Waals surface area contributed by atoms with E-state index in [-0.39, 0.29) is 5.91 Å². The number of hydrogen-bond acceptors (Lipinski definition) is 4. The summed E-state index contributed by atoms with van der Waals surface area (Å²) in [7, 11) is 3.22. The topological polar surface area (TPSA) is 65.4 Å². The monoisotopic (exact) mass is 351 g/mol. The van der Waals surface area contributed by atoms with E-state index in [2.05, 4.69) is 10.3 Å². The Morgan fingerprint density at radius 3 is 2.58 bits per heavy atom. The second kappa shape index (κ2) is 7.74. The molecular formula is C20H21N3O3. The van der Waals surface area contributed by atoms with Crippen LogP contribution in [0.25, 0.3) is 16.8 Å². The summed E-state index contributed by atoms with van der Waals surface area (Å²) in [5.41, 5.74) is 3.34. The molecule has 26 heavy (non-hydrogen) atoms. The van der Waals surface area contributed by atoms with Crippen LogP contribution in [0.1, 0.15) is 17.4 Å². The molecule has 0 saturated carbocycles. The van der Waals surface area contributed by atoms with Crippen molar-refractivity contribution in [2.24, 2.45) is 0 Å². The van der Waals surface area contributed by atoms with Gasteiger partial charge in [-0.25, -0.2) is 4.98 Å². The van der Waals surface area contributed by atoms with E-state index >= 15 is 0 Å². The minimum atomic E-state index is -0.151. The molecule has 3 aromatic rings. The number of amides is 1. The summed E-state index contributed by atoms with van der Waals surface area (Å²) in [4.78, 5) is 16.3. The quantitative estimate of drug-likeness (QED) is 0.740. The molecule has 0 saturated heterocycles. The Morgan fingerprint density at radius 1 is 1.08 bits per heavy atom. The average Bonchev–Trinajstić information content (AvgIpc) is 3.17. The number of nitrogens with one attached hydrogen (secondary N) is 1.